The van der Waals surface area contributed by atoms with E-state index in [4.69, 9.17) is 0 Å². The molecule has 4 aliphatic carbocycles. The van der Waals surface area contributed by atoms with Crippen molar-refractivity contribution in [3.05, 3.63) is 0 Å². The average Bonchev–Trinajstić information content (AvgIpc) is 2.58. The number of nitrogens with one attached hydrogen (secondary N) is 1. The van der Waals surface area contributed by atoms with Crippen LogP contribution in [0.1, 0.15) is 45.4 Å². The number of hydrogen-bond acceptors (Lipinski definition) is 3. The van der Waals surface area contributed by atoms with Gasteiger partial charge in [-0.1, -0.05) is 6.92 Å². The van der Waals surface area contributed by atoms with Crippen LogP contribution in [0.3, 0.4) is 0 Å². The van der Waals surface area contributed by atoms with Gasteiger partial charge in [0, 0.05) is 32.1 Å². The van der Waals surface area contributed by atoms with E-state index in [1.807, 2.05) is 4.90 Å². The fourth-order valence-corrected chi connectivity index (χ4v) is 6.99. The van der Waals surface area contributed by atoms with Gasteiger partial charge < -0.3 is 15.1 Å². The molecule has 6 fully saturated rings. The highest BCUT2D eigenvalue weighted by molar-refractivity contribution is 5.84. The Morgan fingerprint density at radius 1 is 0.885 bits per heavy atom. The van der Waals surface area contributed by atoms with Crippen molar-refractivity contribution in [1.29, 1.82) is 0 Å². The van der Waals surface area contributed by atoms with Crippen LogP contribution in [0.25, 0.3) is 0 Å². The van der Waals surface area contributed by atoms with Crippen molar-refractivity contribution in [1.82, 2.24) is 15.1 Å². The van der Waals surface area contributed by atoms with Crippen LogP contribution >= 0.6 is 0 Å². The van der Waals surface area contributed by atoms with Crippen LogP contribution in [-0.4, -0.2) is 60.9 Å². The topological polar surface area (TPSA) is 52.7 Å². The zero-order valence-corrected chi connectivity index (χ0v) is 16.1. The van der Waals surface area contributed by atoms with Crippen LogP contribution in [0.5, 0.6) is 0 Å². The Morgan fingerprint density at radius 3 is 1.85 bits per heavy atom. The molecule has 1 atom stereocenters. The Hall–Kier alpha value is -1.10. The second-order valence-corrected chi connectivity index (χ2v) is 10.0. The quantitative estimate of drug-likeness (QED) is 0.835. The van der Waals surface area contributed by atoms with Crippen molar-refractivity contribution in [3.8, 4) is 0 Å². The minimum Gasteiger partial charge on any atom is -0.339 e. The van der Waals surface area contributed by atoms with E-state index in [1.165, 1.54) is 19.3 Å². The first-order valence-corrected chi connectivity index (χ1v) is 10.8. The minimum absolute atomic E-state index is 0.0359. The summed E-state index contributed by atoms with van der Waals surface area (Å²) < 4.78 is 0. The fraction of sp³-hybridized carbons (Fsp3) is 0.905. The zero-order valence-electron chi connectivity index (χ0n) is 16.1. The molecule has 0 spiro atoms. The number of amides is 2. The summed E-state index contributed by atoms with van der Waals surface area (Å²) in [5, 5.41) is 3.26. The number of carbonyl (C=O) groups is 2. The molecule has 2 aliphatic heterocycles. The highest BCUT2D eigenvalue weighted by Crippen LogP contribution is 2.60. The summed E-state index contributed by atoms with van der Waals surface area (Å²) in [4.78, 5) is 30.3. The van der Waals surface area contributed by atoms with Crippen LogP contribution in [0.2, 0.25) is 0 Å². The Bertz CT molecular complexity index is 557. The number of nitrogens with zero attached hydrogens (tertiary/aromatic N) is 2. The van der Waals surface area contributed by atoms with Gasteiger partial charge in [0.25, 0.3) is 0 Å². The molecule has 5 heteroatoms. The summed E-state index contributed by atoms with van der Waals surface area (Å²) in [6.07, 6.45) is 7.56. The molecular formula is C21H33N3O2. The highest BCUT2D eigenvalue weighted by Gasteiger charge is 2.55. The van der Waals surface area contributed by atoms with E-state index in [0.717, 1.165) is 76.3 Å². The van der Waals surface area contributed by atoms with Gasteiger partial charge in [-0.25, -0.2) is 0 Å². The summed E-state index contributed by atoms with van der Waals surface area (Å²) in [5.74, 6) is 3.76. The predicted octanol–water partition coefficient (Wildman–Crippen LogP) is 1.73. The maximum atomic E-state index is 13.4. The molecule has 1 unspecified atom stereocenters. The normalized spacial score (nSPS) is 40.4. The Labute approximate surface area is 156 Å². The zero-order chi connectivity index (χ0) is 17.9. The number of hydrogen-bond donors (Lipinski definition) is 1. The van der Waals surface area contributed by atoms with Crippen LogP contribution in [0.4, 0.5) is 0 Å². The summed E-state index contributed by atoms with van der Waals surface area (Å²) in [5.41, 5.74) is -0.0359. The fourth-order valence-electron chi connectivity index (χ4n) is 6.99. The smallest absolute Gasteiger partial charge is 0.228 e. The molecule has 5 nitrogen and oxygen atoms in total. The largest absolute Gasteiger partial charge is 0.339 e. The Balaban J connectivity index is 1.20. The summed E-state index contributed by atoms with van der Waals surface area (Å²) in [6.45, 7) is 6.93. The molecule has 4 bridgehead atoms. The van der Waals surface area contributed by atoms with E-state index < -0.39 is 0 Å². The molecule has 144 valence electrons. The van der Waals surface area contributed by atoms with Gasteiger partial charge in [-0.05, 0) is 75.3 Å². The van der Waals surface area contributed by atoms with Gasteiger partial charge in [-0.2, -0.15) is 0 Å². The van der Waals surface area contributed by atoms with Crippen LogP contribution in [0.15, 0.2) is 0 Å². The Kier molecular flexibility index (Phi) is 4.07. The molecule has 0 aromatic heterocycles. The van der Waals surface area contributed by atoms with Crippen LogP contribution < -0.4 is 5.32 Å². The summed E-state index contributed by atoms with van der Waals surface area (Å²) in [6, 6.07) is 0. The molecule has 0 radical (unpaired) electrons. The van der Waals surface area contributed by atoms with Gasteiger partial charge >= 0.3 is 0 Å². The monoisotopic (exact) mass is 359 g/mol. The number of rotatable bonds is 3. The third kappa shape index (κ3) is 2.69. The van der Waals surface area contributed by atoms with Gasteiger partial charge in [0.15, 0.2) is 0 Å². The molecule has 2 saturated heterocycles. The van der Waals surface area contributed by atoms with E-state index >= 15 is 0 Å². The second kappa shape index (κ2) is 6.22. The van der Waals surface area contributed by atoms with E-state index in [-0.39, 0.29) is 11.3 Å². The third-order valence-electron chi connectivity index (χ3n) is 8.28. The molecule has 2 amide bonds. The molecular weight excluding hydrogens is 326 g/mol. The van der Waals surface area contributed by atoms with Crippen LogP contribution in [-0.2, 0) is 9.59 Å². The van der Waals surface area contributed by atoms with E-state index in [0.29, 0.717) is 17.7 Å². The first-order valence-electron chi connectivity index (χ1n) is 10.8. The molecule has 2 heterocycles. The van der Waals surface area contributed by atoms with Gasteiger partial charge in [0.2, 0.25) is 11.8 Å². The van der Waals surface area contributed by atoms with Crippen molar-refractivity contribution in [3.63, 3.8) is 0 Å². The van der Waals surface area contributed by atoms with Gasteiger partial charge in [0.1, 0.15) is 0 Å². The first kappa shape index (κ1) is 17.0. The third-order valence-corrected chi connectivity index (χ3v) is 8.28. The van der Waals surface area contributed by atoms with E-state index in [9.17, 15) is 9.59 Å². The van der Waals surface area contributed by atoms with Crippen LogP contribution in [0, 0.1) is 35.0 Å². The maximum absolute atomic E-state index is 13.4. The number of carbonyl (C=O) groups excluding carboxylic acids is 2. The molecule has 1 N–H and O–H groups in total. The summed E-state index contributed by atoms with van der Waals surface area (Å²) >= 11 is 0. The lowest BCUT2D eigenvalue weighted by molar-refractivity contribution is -0.161. The number of piperazine rings is 1. The lowest BCUT2D eigenvalue weighted by Gasteiger charge is -2.57. The van der Waals surface area contributed by atoms with E-state index in [2.05, 4.69) is 17.1 Å². The molecule has 0 aromatic carbocycles. The van der Waals surface area contributed by atoms with Crippen molar-refractivity contribution < 1.29 is 9.59 Å². The molecule has 6 rings (SSSR count). The van der Waals surface area contributed by atoms with Crippen molar-refractivity contribution in [2.75, 3.05) is 39.3 Å². The Morgan fingerprint density at radius 2 is 1.38 bits per heavy atom. The minimum atomic E-state index is -0.0359. The lowest BCUT2D eigenvalue weighted by Crippen LogP contribution is -2.59. The van der Waals surface area contributed by atoms with Crippen molar-refractivity contribution in [2.24, 2.45) is 35.0 Å². The van der Waals surface area contributed by atoms with Gasteiger partial charge in [-0.3, -0.25) is 9.59 Å². The standard InChI is InChI=1S/C21H33N3O2/c1-14(18-12-22-13-18)19(25)23-2-4-24(5-3-23)20(26)21-9-15-6-16(10-21)8-17(7-15)11-21/h14-18,22H,2-13H2,1H3. The molecule has 4 saturated carbocycles. The predicted molar refractivity (Wildman–Crippen MR) is 99.3 cm³/mol. The second-order valence-electron chi connectivity index (χ2n) is 10.0. The molecule has 26 heavy (non-hydrogen) atoms. The van der Waals surface area contributed by atoms with E-state index in [1.54, 1.807) is 0 Å². The SMILES string of the molecule is CC(C(=O)N1CCN(C(=O)C23CC4CC(CC(C4)C2)C3)CC1)C1CNC1. The van der Waals surface area contributed by atoms with Crippen molar-refractivity contribution >= 4 is 11.8 Å². The highest BCUT2D eigenvalue weighted by atomic mass is 16.2. The lowest BCUT2D eigenvalue weighted by atomic mass is 9.49. The first-order chi connectivity index (χ1) is 12.5. The maximum Gasteiger partial charge on any atom is 0.228 e. The average molecular weight is 360 g/mol. The van der Waals surface area contributed by atoms with Crippen molar-refractivity contribution in [2.45, 2.75) is 45.4 Å². The summed E-state index contributed by atoms with van der Waals surface area (Å²) in [7, 11) is 0. The molecule has 6 aliphatic rings. The van der Waals surface area contributed by atoms with Gasteiger partial charge in [0.05, 0.1) is 5.41 Å². The van der Waals surface area contributed by atoms with Gasteiger partial charge in [-0.15, -0.1) is 0 Å². The molecule has 0 aromatic rings.